The Kier molecular flexibility index (Phi) is 4.95. The van der Waals surface area contributed by atoms with Gasteiger partial charge in [-0.25, -0.2) is 4.39 Å². The Morgan fingerprint density at radius 3 is 2.89 bits per heavy atom. The lowest BCUT2D eigenvalue weighted by atomic mass is 9.98. The monoisotopic (exact) mass is 311 g/mol. The summed E-state index contributed by atoms with van der Waals surface area (Å²) >= 11 is 3.20. The van der Waals surface area contributed by atoms with Crippen LogP contribution in [0.5, 0.6) is 0 Å². The van der Waals surface area contributed by atoms with Gasteiger partial charge in [-0.2, -0.15) is 0 Å². The van der Waals surface area contributed by atoms with Gasteiger partial charge < -0.3 is 5.32 Å². The van der Waals surface area contributed by atoms with Gasteiger partial charge in [0.15, 0.2) is 0 Å². The van der Waals surface area contributed by atoms with E-state index in [9.17, 15) is 4.39 Å². The molecule has 18 heavy (non-hydrogen) atoms. The molecule has 1 N–H and O–H groups in total. The van der Waals surface area contributed by atoms with Gasteiger partial charge in [-0.15, -0.1) is 0 Å². The van der Waals surface area contributed by atoms with E-state index in [4.69, 9.17) is 0 Å². The van der Waals surface area contributed by atoms with Crippen molar-refractivity contribution in [3.05, 3.63) is 45.7 Å². The quantitative estimate of drug-likeness (QED) is 0.774. The molecule has 0 heterocycles. The number of rotatable bonds is 5. The zero-order valence-electron chi connectivity index (χ0n) is 10.7. The first-order valence-corrected chi connectivity index (χ1v) is 7.39. The Labute approximate surface area is 117 Å². The van der Waals surface area contributed by atoms with Crippen molar-refractivity contribution in [1.29, 1.82) is 0 Å². The van der Waals surface area contributed by atoms with Crippen molar-refractivity contribution >= 4 is 15.9 Å². The Bertz CT molecular complexity index is 442. The van der Waals surface area contributed by atoms with Gasteiger partial charge in [-0.05, 0) is 65.9 Å². The highest BCUT2D eigenvalue weighted by atomic mass is 79.9. The minimum atomic E-state index is -0.186. The molecule has 0 spiro atoms. The second kappa shape index (κ2) is 6.48. The zero-order valence-corrected chi connectivity index (χ0v) is 12.3. The van der Waals surface area contributed by atoms with E-state index in [1.165, 1.54) is 12.0 Å². The summed E-state index contributed by atoms with van der Waals surface area (Å²) in [5.74, 6) is -0.186. The normalized spacial score (nSPS) is 16.7. The number of benzene rings is 1. The molecular formula is C15H19BrFN. The van der Waals surface area contributed by atoms with Crippen LogP contribution < -0.4 is 5.32 Å². The van der Waals surface area contributed by atoms with Gasteiger partial charge in [0.1, 0.15) is 5.82 Å². The molecule has 3 heteroatoms. The maximum absolute atomic E-state index is 13.7. The molecule has 2 rings (SSSR count). The Morgan fingerprint density at radius 2 is 2.28 bits per heavy atom. The molecule has 0 fully saturated rings. The highest BCUT2D eigenvalue weighted by Crippen LogP contribution is 2.32. The summed E-state index contributed by atoms with van der Waals surface area (Å²) in [5.41, 5.74) is 2.43. The van der Waals surface area contributed by atoms with Crippen molar-refractivity contribution in [2.45, 2.75) is 38.6 Å². The van der Waals surface area contributed by atoms with Crippen LogP contribution in [-0.2, 0) is 0 Å². The van der Waals surface area contributed by atoms with E-state index in [2.05, 4.69) is 34.2 Å². The third kappa shape index (κ3) is 3.21. The Morgan fingerprint density at radius 1 is 1.44 bits per heavy atom. The molecular weight excluding hydrogens is 293 g/mol. The van der Waals surface area contributed by atoms with E-state index in [1.54, 1.807) is 12.1 Å². The number of nitrogens with one attached hydrogen (secondary N) is 1. The summed E-state index contributed by atoms with van der Waals surface area (Å²) in [6, 6.07) is 5.60. The first kappa shape index (κ1) is 13.8. The van der Waals surface area contributed by atoms with E-state index >= 15 is 0 Å². The second-order valence-corrected chi connectivity index (χ2v) is 5.59. The maximum Gasteiger partial charge on any atom is 0.137 e. The largest absolute Gasteiger partial charge is 0.307 e. The minimum absolute atomic E-state index is 0.176. The molecule has 0 aromatic heterocycles. The summed E-state index contributed by atoms with van der Waals surface area (Å²) in [7, 11) is 0. The van der Waals surface area contributed by atoms with Crippen LogP contribution >= 0.6 is 15.9 Å². The zero-order chi connectivity index (χ0) is 13.0. The fourth-order valence-corrected chi connectivity index (χ4v) is 2.65. The third-order valence-corrected chi connectivity index (χ3v) is 3.97. The predicted molar refractivity (Wildman–Crippen MR) is 77.1 cm³/mol. The Hall–Kier alpha value is -0.670. The number of hydrogen-bond donors (Lipinski definition) is 1. The fourth-order valence-electron chi connectivity index (χ4n) is 2.40. The Balaban J connectivity index is 2.23. The number of halogens is 2. The topological polar surface area (TPSA) is 12.0 Å². The molecule has 1 nitrogen and oxygen atoms in total. The third-order valence-electron chi connectivity index (χ3n) is 3.32. The molecule has 0 aliphatic heterocycles. The van der Waals surface area contributed by atoms with E-state index in [0.717, 1.165) is 31.4 Å². The van der Waals surface area contributed by atoms with E-state index in [-0.39, 0.29) is 11.9 Å². The van der Waals surface area contributed by atoms with E-state index in [0.29, 0.717) is 4.47 Å². The molecule has 1 atom stereocenters. The summed E-state index contributed by atoms with van der Waals surface area (Å²) in [5, 5.41) is 3.52. The van der Waals surface area contributed by atoms with Crippen LogP contribution in [-0.4, -0.2) is 6.54 Å². The molecule has 0 bridgehead atoms. The highest BCUT2D eigenvalue weighted by molar-refractivity contribution is 9.10. The van der Waals surface area contributed by atoms with Crippen molar-refractivity contribution in [2.75, 3.05) is 6.54 Å². The van der Waals surface area contributed by atoms with E-state index in [1.807, 2.05) is 6.07 Å². The van der Waals surface area contributed by atoms with Crippen LogP contribution in [0.1, 0.15) is 44.2 Å². The van der Waals surface area contributed by atoms with Crippen LogP contribution in [0.25, 0.3) is 0 Å². The van der Waals surface area contributed by atoms with Gasteiger partial charge in [0, 0.05) is 0 Å². The van der Waals surface area contributed by atoms with Crippen LogP contribution in [0.15, 0.2) is 34.3 Å². The number of hydrogen-bond acceptors (Lipinski definition) is 1. The van der Waals surface area contributed by atoms with Crippen molar-refractivity contribution in [1.82, 2.24) is 5.32 Å². The molecule has 0 amide bonds. The predicted octanol–water partition coefficient (Wildman–Crippen LogP) is 4.74. The van der Waals surface area contributed by atoms with Crippen LogP contribution in [0.3, 0.4) is 0 Å². The molecule has 1 aromatic carbocycles. The van der Waals surface area contributed by atoms with Gasteiger partial charge >= 0.3 is 0 Å². The van der Waals surface area contributed by atoms with Crippen molar-refractivity contribution in [3.63, 3.8) is 0 Å². The molecule has 1 aliphatic rings. The van der Waals surface area contributed by atoms with Gasteiger partial charge in [0.2, 0.25) is 0 Å². The molecule has 0 saturated carbocycles. The van der Waals surface area contributed by atoms with E-state index < -0.39 is 0 Å². The summed E-state index contributed by atoms with van der Waals surface area (Å²) in [6.07, 6.45) is 6.88. The lowest BCUT2D eigenvalue weighted by Crippen LogP contribution is -2.23. The minimum Gasteiger partial charge on any atom is -0.307 e. The first-order valence-electron chi connectivity index (χ1n) is 6.59. The molecule has 0 radical (unpaired) electrons. The van der Waals surface area contributed by atoms with Crippen LogP contribution in [0.4, 0.5) is 4.39 Å². The van der Waals surface area contributed by atoms with Gasteiger partial charge in [-0.3, -0.25) is 0 Å². The van der Waals surface area contributed by atoms with Gasteiger partial charge in [0.05, 0.1) is 10.5 Å². The molecule has 1 unspecified atom stereocenters. The molecule has 98 valence electrons. The van der Waals surface area contributed by atoms with Crippen LogP contribution in [0.2, 0.25) is 0 Å². The first-order chi connectivity index (χ1) is 8.72. The average Bonchev–Trinajstić information content (AvgIpc) is 2.88. The maximum atomic E-state index is 13.7. The van der Waals surface area contributed by atoms with Crippen molar-refractivity contribution < 1.29 is 4.39 Å². The fraction of sp³-hybridized carbons (Fsp3) is 0.467. The lowest BCUT2D eigenvalue weighted by molar-refractivity contribution is 0.568. The van der Waals surface area contributed by atoms with Crippen molar-refractivity contribution in [3.8, 4) is 0 Å². The van der Waals surface area contributed by atoms with Gasteiger partial charge in [0.25, 0.3) is 0 Å². The van der Waals surface area contributed by atoms with Crippen LogP contribution in [0, 0.1) is 5.82 Å². The standard InChI is InChI=1S/C15H19BrFN/c1-2-9-18-15(11-5-3-4-6-11)12-7-8-13(16)14(17)10-12/h5,7-8,10,15,18H,2-4,6,9H2,1H3. The second-order valence-electron chi connectivity index (χ2n) is 4.73. The lowest BCUT2D eigenvalue weighted by Gasteiger charge is -2.21. The summed E-state index contributed by atoms with van der Waals surface area (Å²) in [4.78, 5) is 0. The highest BCUT2D eigenvalue weighted by Gasteiger charge is 2.19. The SMILES string of the molecule is CCCNC(C1=CCCC1)c1ccc(Br)c(F)c1. The van der Waals surface area contributed by atoms with Gasteiger partial charge in [-0.1, -0.05) is 24.6 Å². The van der Waals surface area contributed by atoms with Crippen molar-refractivity contribution in [2.24, 2.45) is 0 Å². The number of allylic oxidation sites excluding steroid dienone is 1. The molecule has 1 aliphatic carbocycles. The smallest absolute Gasteiger partial charge is 0.137 e. The summed E-state index contributed by atoms with van der Waals surface area (Å²) in [6.45, 7) is 3.11. The molecule has 1 aromatic rings. The molecule has 0 saturated heterocycles. The summed E-state index contributed by atoms with van der Waals surface area (Å²) < 4.78 is 14.2. The average molecular weight is 312 g/mol.